The third kappa shape index (κ3) is 2.23. The minimum absolute atomic E-state index is 0.476. The van der Waals surface area contributed by atoms with E-state index in [1.165, 1.54) is 0 Å². The molecule has 0 unspecified atom stereocenters. The SMILES string of the molecule is Cc1cc([C@H](O)c2ccccc2)cnc1Cl. The van der Waals surface area contributed by atoms with Gasteiger partial charge in [0.2, 0.25) is 0 Å². The van der Waals surface area contributed by atoms with Gasteiger partial charge in [-0.2, -0.15) is 0 Å². The Labute approximate surface area is 99.5 Å². The predicted octanol–water partition coefficient (Wildman–Crippen LogP) is 3.13. The van der Waals surface area contributed by atoms with Gasteiger partial charge in [0.1, 0.15) is 11.3 Å². The molecule has 2 nitrogen and oxygen atoms in total. The molecule has 3 heteroatoms. The molecule has 16 heavy (non-hydrogen) atoms. The molecule has 0 spiro atoms. The van der Waals surface area contributed by atoms with Crippen molar-refractivity contribution in [2.24, 2.45) is 0 Å². The van der Waals surface area contributed by atoms with Crippen molar-refractivity contribution in [3.05, 3.63) is 64.4 Å². The first kappa shape index (κ1) is 11.1. The Bertz CT molecular complexity index is 485. The Balaban J connectivity index is 2.34. The minimum atomic E-state index is -0.648. The highest BCUT2D eigenvalue weighted by Crippen LogP contribution is 2.23. The Hall–Kier alpha value is -1.38. The van der Waals surface area contributed by atoms with Crippen LogP contribution in [0.25, 0.3) is 0 Å². The van der Waals surface area contributed by atoms with Crippen LogP contribution < -0.4 is 0 Å². The lowest BCUT2D eigenvalue weighted by Crippen LogP contribution is -2.00. The van der Waals surface area contributed by atoms with Crippen molar-refractivity contribution in [1.82, 2.24) is 4.98 Å². The molecule has 0 amide bonds. The highest BCUT2D eigenvalue weighted by Gasteiger charge is 2.11. The summed E-state index contributed by atoms with van der Waals surface area (Å²) in [7, 11) is 0. The van der Waals surface area contributed by atoms with Crippen molar-refractivity contribution >= 4 is 11.6 Å². The summed E-state index contributed by atoms with van der Waals surface area (Å²) in [6.45, 7) is 1.87. The van der Waals surface area contributed by atoms with Gasteiger partial charge in [0.15, 0.2) is 0 Å². The van der Waals surface area contributed by atoms with E-state index in [0.717, 1.165) is 16.7 Å². The topological polar surface area (TPSA) is 33.1 Å². The molecule has 1 N–H and O–H groups in total. The molecule has 0 saturated carbocycles. The number of aliphatic hydroxyl groups excluding tert-OH is 1. The summed E-state index contributed by atoms with van der Waals surface area (Å²) in [5.74, 6) is 0. The molecule has 1 heterocycles. The lowest BCUT2D eigenvalue weighted by atomic mass is 10.0. The number of hydrogen-bond acceptors (Lipinski definition) is 2. The molecule has 2 rings (SSSR count). The van der Waals surface area contributed by atoms with Gasteiger partial charge in [-0.25, -0.2) is 4.98 Å². The lowest BCUT2D eigenvalue weighted by Gasteiger charge is -2.11. The first-order valence-electron chi connectivity index (χ1n) is 5.03. The molecular formula is C13H12ClNO. The first-order chi connectivity index (χ1) is 7.68. The number of aryl methyl sites for hydroxylation is 1. The third-order valence-electron chi connectivity index (χ3n) is 2.47. The number of aromatic nitrogens is 1. The van der Waals surface area contributed by atoms with Gasteiger partial charge in [-0.05, 0) is 24.1 Å². The average Bonchev–Trinajstić information content (AvgIpc) is 2.33. The molecule has 1 atom stereocenters. The standard InChI is InChI=1S/C13H12ClNO/c1-9-7-11(8-15-13(9)14)12(16)10-5-3-2-4-6-10/h2-8,12,16H,1H3/t12-/m1/s1. The Morgan fingerprint density at radius 3 is 2.50 bits per heavy atom. The second-order valence-corrected chi connectivity index (χ2v) is 4.05. The van der Waals surface area contributed by atoms with Gasteiger partial charge in [-0.15, -0.1) is 0 Å². The smallest absolute Gasteiger partial charge is 0.131 e. The van der Waals surface area contributed by atoms with Crippen LogP contribution in [0.4, 0.5) is 0 Å². The Morgan fingerprint density at radius 2 is 1.88 bits per heavy atom. The van der Waals surface area contributed by atoms with E-state index in [9.17, 15) is 5.11 Å². The highest BCUT2D eigenvalue weighted by atomic mass is 35.5. The number of nitrogens with zero attached hydrogens (tertiary/aromatic N) is 1. The van der Waals surface area contributed by atoms with E-state index in [1.807, 2.05) is 43.3 Å². The van der Waals surface area contributed by atoms with Crippen LogP contribution in [-0.2, 0) is 0 Å². The molecule has 0 fully saturated rings. The molecule has 0 bridgehead atoms. The van der Waals surface area contributed by atoms with Gasteiger partial charge in [0.25, 0.3) is 0 Å². The van der Waals surface area contributed by atoms with E-state index >= 15 is 0 Å². The van der Waals surface area contributed by atoms with Crippen molar-refractivity contribution in [3.63, 3.8) is 0 Å². The van der Waals surface area contributed by atoms with Crippen molar-refractivity contribution in [3.8, 4) is 0 Å². The van der Waals surface area contributed by atoms with Crippen molar-refractivity contribution in [2.75, 3.05) is 0 Å². The molecule has 0 aliphatic heterocycles. The zero-order valence-electron chi connectivity index (χ0n) is 8.89. The van der Waals surface area contributed by atoms with Crippen LogP contribution >= 0.6 is 11.6 Å². The van der Waals surface area contributed by atoms with E-state index in [4.69, 9.17) is 11.6 Å². The number of pyridine rings is 1. The van der Waals surface area contributed by atoms with Crippen LogP contribution in [0.1, 0.15) is 22.8 Å². The summed E-state index contributed by atoms with van der Waals surface area (Å²) >= 11 is 5.84. The van der Waals surface area contributed by atoms with Gasteiger partial charge in [0, 0.05) is 11.8 Å². The second kappa shape index (κ2) is 4.64. The van der Waals surface area contributed by atoms with Gasteiger partial charge in [-0.3, -0.25) is 0 Å². The zero-order chi connectivity index (χ0) is 11.5. The summed E-state index contributed by atoms with van der Waals surface area (Å²) in [5, 5.41) is 10.6. The Kier molecular flexibility index (Phi) is 3.22. The lowest BCUT2D eigenvalue weighted by molar-refractivity contribution is 0.220. The van der Waals surface area contributed by atoms with E-state index in [-0.39, 0.29) is 0 Å². The van der Waals surface area contributed by atoms with Gasteiger partial charge >= 0.3 is 0 Å². The quantitative estimate of drug-likeness (QED) is 0.809. The molecule has 0 aliphatic carbocycles. The van der Waals surface area contributed by atoms with Crippen LogP contribution in [0.15, 0.2) is 42.6 Å². The molecule has 0 radical (unpaired) electrons. The second-order valence-electron chi connectivity index (χ2n) is 3.69. The van der Waals surface area contributed by atoms with Crippen molar-refractivity contribution in [2.45, 2.75) is 13.0 Å². The number of aliphatic hydroxyl groups is 1. The fourth-order valence-electron chi connectivity index (χ4n) is 1.56. The zero-order valence-corrected chi connectivity index (χ0v) is 9.65. The van der Waals surface area contributed by atoms with Crippen LogP contribution in [0.5, 0.6) is 0 Å². The Morgan fingerprint density at radius 1 is 1.19 bits per heavy atom. The monoisotopic (exact) mass is 233 g/mol. The molecule has 0 aliphatic rings. The molecule has 1 aromatic heterocycles. The van der Waals surface area contributed by atoms with E-state index in [1.54, 1.807) is 6.20 Å². The van der Waals surface area contributed by atoms with Crippen LogP contribution in [0, 0.1) is 6.92 Å². The van der Waals surface area contributed by atoms with Crippen molar-refractivity contribution in [1.29, 1.82) is 0 Å². The summed E-state index contributed by atoms with van der Waals surface area (Å²) < 4.78 is 0. The fraction of sp³-hybridized carbons (Fsp3) is 0.154. The number of hydrogen-bond donors (Lipinski definition) is 1. The molecule has 0 saturated heterocycles. The number of rotatable bonds is 2. The maximum absolute atomic E-state index is 10.1. The molecular weight excluding hydrogens is 222 g/mol. The van der Waals surface area contributed by atoms with Gasteiger partial charge < -0.3 is 5.11 Å². The van der Waals surface area contributed by atoms with Crippen LogP contribution in [-0.4, -0.2) is 10.1 Å². The van der Waals surface area contributed by atoms with Crippen molar-refractivity contribution < 1.29 is 5.11 Å². The number of benzene rings is 1. The normalized spacial score (nSPS) is 12.4. The van der Waals surface area contributed by atoms with Crippen LogP contribution in [0.2, 0.25) is 5.15 Å². The number of halogens is 1. The third-order valence-corrected chi connectivity index (χ3v) is 2.86. The summed E-state index contributed by atoms with van der Waals surface area (Å²) in [6.07, 6.45) is 0.956. The summed E-state index contributed by atoms with van der Waals surface area (Å²) in [4.78, 5) is 4.03. The first-order valence-corrected chi connectivity index (χ1v) is 5.41. The largest absolute Gasteiger partial charge is 0.384 e. The minimum Gasteiger partial charge on any atom is -0.384 e. The van der Waals surface area contributed by atoms with E-state index < -0.39 is 6.10 Å². The average molecular weight is 234 g/mol. The van der Waals surface area contributed by atoms with Gasteiger partial charge in [-0.1, -0.05) is 41.9 Å². The van der Waals surface area contributed by atoms with E-state index in [0.29, 0.717) is 5.15 Å². The maximum Gasteiger partial charge on any atom is 0.131 e. The van der Waals surface area contributed by atoms with Crippen LogP contribution in [0.3, 0.4) is 0 Å². The summed E-state index contributed by atoms with van der Waals surface area (Å²) in [5.41, 5.74) is 2.48. The summed E-state index contributed by atoms with van der Waals surface area (Å²) in [6, 6.07) is 11.3. The van der Waals surface area contributed by atoms with E-state index in [2.05, 4.69) is 4.98 Å². The molecule has 82 valence electrons. The maximum atomic E-state index is 10.1. The van der Waals surface area contributed by atoms with Gasteiger partial charge in [0.05, 0.1) is 0 Å². The molecule has 1 aromatic carbocycles. The highest BCUT2D eigenvalue weighted by molar-refractivity contribution is 6.30. The fourth-order valence-corrected chi connectivity index (χ4v) is 1.66. The molecule has 2 aromatic rings. The predicted molar refractivity (Wildman–Crippen MR) is 64.5 cm³/mol.